The highest BCUT2D eigenvalue weighted by atomic mass is 35.5. The molecule has 0 bridgehead atoms. The summed E-state index contributed by atoms with van der Waals surface area (Å²) in [6, 6.07) is 4.04. The van der Waals surface area contributed by atoms with Gasteiger partial charge in [0.15, 0.2) is 0 Å². The molecule has 0 atom stereocenters. The van der Waals surface area contributed by atoms with Crippen molar-refractivity contribution in [2.75, 3.05) is 19.3 Å². The SMILES string of the molecule is CN1CCn2c(cc3cc(Cl)c(N)nc32)C1. The molecule has 0 saturated carbocycles. The molecule has 5 heteroatoms. The average Bonchev–Trinajstić information content (AvgIpc) is 2.55. The van der Waals surface area contributed by atoms with Crippen LogP contribution in [0.2, 0.25) is 5.02 Å². The molecule has 0 saturated heterocycles. The number of nitrogen functional groups attached to an aromatic ring is 1. The summed E-state index contributed by atoms with van der Waals surface area (Å²) in [4.78, 5) is 6.65. The van der Waals surface area contributed by atoms with Crippen molar-refractivity contribution >= 4 is 28.5 Å². The monoisotopic (exact) mass is 236 g/mol. The first-order valence-electron chi connectivity index (χ1n) is 5.28. The zero-order chi connectivity index (χ0) is 11.3. The van der Waals surface area contributed by atoms with Crippen molar-refractivity contribution in [1.82, 2.24) is 14.5 Å². The predicted molar refractivity (Wildman–Crippen MR) is 65.5 cm³/mol. The van der Waals surface area contributed by atoms with Crippen LogP contribution in [-0.2, 0) is 13.1 Å². The molecule has 0 unspecified atom stereocenters. The van der Waals surface area contributed by atoms with Gasteiger partial charge in [0.2, 0.25) is 0 Å². The van der Waals surface area contributed by atoms with Crippen molar-refractivity contribution in [1.29, 1.82) is 0 Å². The second kappa shape index (κ2) is 3.37. The third-order valence-corrected chi connectivity index (χ3v) is 3.38. The first-order valence-corrected chi connectivity index (χ1v) is 5.65. The van der Waals surface area contributed by atoms with Gasteiger partial charge >= 0.3 is 0 Å². The second-order valence-electron chi connectivity index (χ2n) is 4.29. The largest absolute Gasteiger partial charge is 0.382 e. The van der Waals surface area contributed by atoms with Gasteiger partial charge in [0, 0.05) is 30.7 Å². The molecule has 1 aliphatic rings. The number of aromatic nitrogens is 2. The molecular formula is C11H13ClN4. The lowest BCUT2D eigenvalue weighted by atomic mass is 10.3. The van der Waals surface area contributed by atoms with Crippen LogP contribution in [0.25, 0.3) is 11.0 Å². The Morgan fingerprint density at radius 1 is 1.38 bits per heavy atom. The van der Waals surface area contributed by atoms with Crippen LogP contribution in [0.4, 0.5) is 5.82 Å². The van der Waals surface area contributed by atoms with E-state index in [9.17, 15) is 0 Å². The Morgan fingerprint density at radius 3 is 3.00 bits per heavy atom. The summed E-state index contributed by atoms with van der Waals surface area (Å²) in [6.07, 6.45) is 0. The van der Waals surface area contributed by atoms with Crippen molar-refractivity contribution in [3.8, 4) is 0 Å². The summed E-state index contributed by atoms with van der Waals surface area (Å²) in [6.45, 7) is 2.96. The van der Waals surface area contributed by atoms with E-state index in [4.69, 9.17) is 17.3 Å². The normalized spacial score (nSPS) is 16.6. The lowest BCUT2D eigenvalue weighted by Gasteiger charge is -2.24. The molecule has 0 aromatic carbocycles. The number of likely N-dealkylation sites (N-methyl/N-ethyl adjacent to an activating group) is 1. The first-order chi connectivity index (χ1) is 7.65. The molecule has 3 rings (SSSR count). The molecule has 2 aromatic heterocycles. The third kappa shape index (κ3) is 1.37. The van der Waals surface area contributed by atoms with Crippen LogP contribution in [0, 0.1) is 0 Å². The number of hydrogen-bond acceptors (Lipinski definition) is 3. The van der Waals surface area contributed by atoms with Gasteiger partial charge in [-0.15, -0.1) is 0 Å². The van der Waals surface area contributed by atoms with E-state index in [1.807, 2.05) is 6.07 Å². The molecule has 2 aromatic rings. The number of halogens is 1. The van der Waals surface area contributed by atoms with Gasteiger partial charge in [0.25, 0.3) is 0 Å². The number of nitrogens with zero attached hydrogens (tertiary/aromatic N) is 3. The van der Waals surface area contributed by atoms with E-state index in [-0.39, 0.29) is 0 Å². The lowest BCUT2D eigenvalue weighted by Crippen LogP contribution is -2.29. The van der Waals surface area contributed by atoms with Gasteiger partial charge in [-0.25, -0.2) is 4.98 Å². The van der Waals surface area contributed by atoms with E-state index in [1.165, 1.54) is 5.69 Å². The number of fused-ring (bicyclic) bond motifs is 3. The number of nitrogens with two attached hydrogens (primary N) is 1. The Bertz CT molecular complexity index is 561. The summed E-state index contributed by atoms with van der Waals surface area (Å²) in [7, 11) is 2.12. The Morgan fingerprint density at radius 2 is 2.19 bits per heavy atom. The summed E-state index contributed by atoms with van der Waals surface area (Å²) in [5.41, 5.74) is 7.96. The van der Waals surface area contributed by atoms with Crippen molar-refractivity contribution in [3.05, 3.63) is 22.8 Å². The molecule has 3 heterocycles. The minimum Gasteiger partial charge on any atom is -0.382 e. The maximum atomic E-state index is 5.97. The number of anilines is 1. The Kier molecular flexibility index (Phi) is 2.09. The molecule has 0 amide bonds. The van der Waals surface area contributed by atoms with Crippen molar-refractivity contribution < 1.29 is 0 Å². The molecule has 2 N–H and O–H groups in total. The van der Waals surface area contributed by atoms with Crippen LogP contribution in [0.3, 0.4) is 0 Å². The van der Waals surface area contributed by atoms with Gasteiger partial charge in [-0.1, -0.05) is 11.6 Å². The maximum Gasteiger partial charge on any atom is 0.144 e. The van der Waals surface area contributed by atoms with Gasteiger partial charge in [-0.3, -0.25) is 4.90 Å². The third-order valence-electron chi connectivity index (χ3n) is 3.07. The second-order valence-corrected chi connectivity index (χ2v) is 4.70. The molecule has 84 valence electrons. The highest BCUT2D eigenvalue weighted by Gasteiger charge is 2.17. The topological polar surface area (TPSA) is 47.1 Å². The molecule has 0 radical (unpaired) electrons. The molecule has 4 nitrogen and oxygen atoms in total. The van der Waals surface area contributed by atoms with E-state index in [0.717, 1.165) is 30.7 Å². The molecular weight excluding hydrogens is 224 g/mol. The predicted octanol–water partition coefficient (Wildman–Crippen LogP) is 1.72. The summed E-state index contributed by atoms with van der Waals surface area (Å²) in [5, 5.41) is 1.60. The van der Waals surface area contributed by atoms with Gasteiger partial charge < -0.3 is 10.3 Å². The van der Waals surface area contributed by atoms with Crippen LogP contribution in [0.15, 0.2) is 12.1 Å². The molecule has 0 fully saturated rings. The van der Waals surface area contributed by atoms with Crippen LogP contribution in [-0.4, -0.2) is 28.0 Å². The van der Waals surface area contributed by atoms with Crippen LogP contribution in [0.1, 0.15) is 5.69 Å². The van der Waals surface area contributed by atoms with Gasteiger partial charge in [-0.05, 0) is 19.2 Å². The Labute approximate surface area is 98.6 Å². The molecule has 0 aliphatic carbocycles. The number of pyridine rings is 1. The van der Waals surface area contributed by atoms with E-state index in [2.05, 4.69) is 27.6 Å². The van der Waals surface area contributed by atoms with Crippen LogP contribution >= 0.6 is 11.6 Å². The number of hydrogen-bond donors (Lipinski definition) is 1. The van der Waals surface area contributed by atoms with E-state index < -0.39 is 0 Å². The lowest BCUT2D eigenvalue weighted by molar-refractivity contribution is 0.272. The summed E-state index contributed by atoms with van der Waals surface area (Å²) < 4.78 is 2.22. The maximum absolute atomic E-state index is 5.97. The zero-order valence-electron chi connectivity index (χ0n) is 9.07. The fourth-order valence-corrected chi connectivity index (χ4v) is 2.39. The smallest absolute Gasteiger partial charge is 0.144 e. The Balaban J connectivity index is 2.25. The molecule has 0 spiro atoms. The van der Waals surface area contributed by atoms with E-state index in [0.29, 0.717) is 10.8 Å². The summed E-state index contributed by atoms with van der Waals surface area (Å²) in [5.74, 6) is 0.411. The fraction of sp³-hybridized carbons (Fsp3) is 0.364. The van der Waals surface area contributed by atoms with Crippen molar-refractivity contribution in [2.45, 2.75) is 13.1 Å². The van der Waals surface area contributed by atoms with E-state index >= 15 is 0 Å². The standard InChI is InChI=1S/C11H13ClN4/c1-15-2-3-16-8(6-15)4-7-5-9(12)10(13)14-11(7)16/h4-5H,2-3,6H2,1H3,(H2,13,14). The molecule has 1 aliphatic heterocycles. The quantitative estimate of drug-likeness (QED) is 0.758. The van der Waals surface area contributed by atoms with E-state index in [1.54, 1.807) is 0 Å². The van der Waals surface area contributed by atoms with Crippen molar-refractivity contribution in [3.63, 3.8) is 0 Å². The van der Waals surface area contributed by atoms with Gasteiger partial charge in [-0.2, -0.15) is 0 Å². The minimum atomic E-state index is 0.411. The highest BCUT2D eigenvalue weighted by Crippen LogP contribution is 2.27. The highest BCUT2D eigenvalue weighted by molar-refractivity contribution is 6.33. The Hall–Kier alpha value is -1.26. The first kappa shape index (κ1) is 9.93. The van der Waals surface area contributed by atoms with Gasteiger partial charge in [0.05, 0.1) is 5.02 Å². The number of rotatable bonds is 0. The van der Waals surface area contributed by atoms with Crippen LogP contribution < -0.4 is 5.73 Å². The van der Waals surface area contributed by atoms with Crippen LogP contribution in [0.5, 0.6) is 0 Å². The van der Waals surface area contributed by atoms with Crippen molar-refractivity contribution in [2.24, 2.45) is 0 Å². The zero-order valence-corrected chi connectivity index (χ0v) is 9.83. The summed E-state index contributed by atoms with van der Waals surface area (Å²) >= 11 is 5.97. The average molecular weight is 237 g/mol. The minimum absolute atomic E-state index is 0.411. The van der Waals surface area contributed by atoms with Gasteiger partial charge in [0.1, 0.15) is 11.5 Å². The molecule has 16 heavy (non-hydrogen) atoms. The fourth-order valence-electron chi connectivity index (χ4n) is 2.23.